The van der Waals surface area contributed by atoms with Gasteiger partial charge in [0.1, 0.15) is 12.4 Å². The van der Waals surface area contributed by atoms with Crippen molar-refractivity contribution in [2.24, 2.45) is 0 Å². The Balaban J connectivity index is 1.36. The van der Waals surface area contributed by atoms with Gasteiger partial charge in [0, 0.05) is 24.7 Å². The van der Waals surface area contributed by atoms with Gasteiger partial charge in [0.25, 0.3) is 11.8 Å². The van der Waals surface area contributed by atoms with Gasteiger partial charge in [-0.2, -0.15) is 0 Å². The number of para-hydroxylation sites is 2. The van der Waals surface area contributed by atoms with Gasteiger partial charge in [-0.3, -0.25) is 24.1 Å². The molecule has 200 valence electrons. The number of nitrogens with zero attached hydrogens (tertiary/aromatic N) is 3. The van der Waals surface area contributed by atoms with Crippen molar-refractivity contribution in [3.63, 3.8) is 0 Å². The highest BCUT2D eigenvalue weighted by Gasteiger charge is 2.30. The Bertz CT molecular complexity index is 1600. The number of carbonyl (C=O) groups is 4. The zero-order valence-corrected chi connectivity index (χ0v) is 21.7. The number of nitrogens with one attached hydrogen (secondary N) is 1. The molecule has 0 saturated heterocycles. The molecule has 0 bridgehead atoms. The highest BCUT2D eigenvalue weighted by molar-refractivity contribution is 6.12. The molecule has 0 fully saturated rings. The van der Waals surface area contributed by atoms with Crippen LogP contribution in [0, 0.1) is 6.92 Å². The fraction of sp³-hybridized carbons (Fsp3) is 0.129. The number of aliphatic carboxylic acids is 1. The lowest BCUT2D eigenvalue weighted by atomic mass is 9.98. The maximum atomic E-state index is 13.5. The molecule has 1 aromatic heterocycles. The molecule has 1 aliphatic heterocycles. The molecular weight excluding hydrogens is 508 g/mol. The van der Waals surface area contributed by atoms with Crippen LogP contribution >= 0.6 is 0 Å². The maximum absolute atomic E-state index is 13.5. The van der Waals surface area contributed by atoms with Crippen molar-refractivity contribution in [2.45, 2.75) is 13.3 Å². The van der Waals surface area contributed by atoms with E-state index in [2.05, 4.69) is 10.3 Å². The van der Waals surface area contributed by atoms with E-state index >= 15 is 0 Å². The Hall–Kier alpha value is -5.31. The number of hydrogen-bond acceptors (Lipinski definition) is 5. The van der Waals surface area contributed by atoms with Gasteiger partial charge in [-0.15, -0.1) is 0 Å². The maximum Gasteiger partial charge on any atom is 0.323 e. The van der Waals surface area contributed by atoms with Gasteiger partial charge in [0.15, 0.2) is 0 Å². The summed E-state index contributed by atoms with van der Waals surface area (Å²) in [4.78, 5) is 57.6. The smallest absolute Gasteiger partial charge is 0.323 e. The van der Waals surface area contributed by atoms with E-state index in [0.29, 0.717) is 16.9 Å². The van der Waals surface area contributed by atoms with Gasteiger partial charge in [0.2, 0.25) is 5.91 Å². The van der Waals surface area contributed by atoms with Crippen LogP contribution in [0.1, 0.15) is 32.7 Å². The standard InChI is InChI=1S/C31H26N4O5/c1-20-10-12-21(13-11-20)23-6-2-3-7-24(23)30(39)33-27-15-14-22(18-32-27)31(40)34-17-16-28(36)35(19-29(37)38)26-9-5-4-8-25(26)34/h2-15,18H,16-17,19H2,1H3,(H,37,38)(H,32,33,39). The van der Waals surface area contributed by atoms with Crippen molar-refractivity contribution in [2.75, 3.05) is 28.2 Å². The van der Waals surface area contributed by atoms with Crippen molar-refractivity contribution in [1.82, 2.24) is 4.98 Å². The van der Waals surface area contributed by atoms with E-state index in [4.69, 9.17) is 0 Å². The van der Waals surface area contributed by atoms with E-state index in [0.717, 1.165) is 16.7 Å². The third-order valence-electron chi connectivity index (χ3n) is 6.64. The monoisotopic (exact) mass is 534 g/mol. The zero-order valence-electron chi connectivity index (χ0n) is 21.7. The second kappa shape index (κ2) is 11.2. The Morgan fingerprint density at radius 2 is 1.60 bits per heavy atom. The van der Waals surface area contributed by atoms with Gasteiger partial charge >= 0.3 is 5.97 Å². The van der Waals surface area contributed by atoms with Crippen molar-refractivity contribution < 1.29 is 24.3 Å². The lowest BCUT2D eigenvalue weighted by Gasteiger charge is -2.24. The summed E-state index contributed by atoms with van der Waals surface area (Å²) < 4.78 is 0. The highest BCUT2D eigenvalue weighted by atomic mass is 16.4. The van der Waals surface area contributed by atoms with Crippen LogP contribution in [0.5, 0.6) is 0 Å². The quantitative estimate of drug-likeness (QED) is 0.368. The third-order valence-corrected chi connectivity index (χ3v) is 6.64. The van der Waals surface area contributed by atoms with E-state index < -0.39 is 18.4 Å². The van der Waals surface area contributed by atoms with Gasteiger partial charge in [-0.25, -0.2) is 4.98 Å². The average Bonchev–Trinajstić information content (AvgIpc) is 3.09. The van der Waals surface area contributed by atoms with E-state index in [-0.39, 0.29) is 36.2 Å². The minimum atomic E-state index is -1.15. The molecule has 0 radical (unpaired) electrons. The molecule has 9 heteroatoms. The first-order valence-electron chi connectivity index (χ1n) is 12.7. The number of carboxylic acids is 1. The lowest BCUT2D eigenvalue weighted by molar-refractivity contribution is -0.136. The van der Waals surface area contributed by atoms with Crippen LogP contribution in [0.25, 0.3) is 11.1 Å². The number of aryl methyl sites for hydroxylation is 1. The molecular formula is C31H26N4O5. The first kappa shape index (κ1) is 26.3. The van der Waals surface area contributed by atoms with Crippen molar-refractivity contribution in [3.8, 4) is 11.1 Å². The van der Waals surface area contributed by atoms with Crippen LogP contribution in [0.3, 0.4) is 0 Å². The number of carbonyl (C=O) groups excluding carboxylic acids is 3. The summed E-state index contributed by atoms with van der Waals surface area (Å²) in [6, 6.07) is 25.0. The van der Waals surface area contributed by atoms with Crippen LogP contribution in [-0.4, -0.2) is 46.9 Å². The van der Waals surface area contributed by atoms with Crippen LogP contribution < -0.4 is 15.1 Å². The summed E-state index contributed by atoms with van der Waals surface area (Å²) >= 11 is 0. The Kier molecular flexibility index (Phi) is 7.37. The number of fused-ring (bicyclic) bond motifs is 1. The number of anilines is 3. The molecule has 2 heterocycles. The third kappa shape index (κ3) is 5.44. The predicted molar refractivity (Wildman–Crippen MR) is 152 cm³/mol. The number of aromatic nitrogens is 1. The van der Waals surface area contributed by atoms with Crippen LogP contribution in [0.15, 0.2) is 91.1 Å². The molecule has 0 aliphatic carbocycles. The van der Waals surface area contributed by atoms with Crippen LogP contribution in [0.4, 0.5) is 17.2 Å². The fourth-order valence-corrected chi connectivity index (χ4v) is 4.64. The largest absolute Gasteiger partial charge is 0.480 e. The predicted octanol–water partition coefficient (Wildman–Crippen LogP) is 4.78. The van der Waals surface area contributed by atoms with Gasteiger partial charge in [-0.05, 0) is 48.4 Å². The van der Waals surface area contributed by atoms with Crippen molar-refractivity contribution in [3.05, 3.63) is 108 Å². The number of benzene rings is 3. The molecule has 0 spiro atoms. The number of pyridine rings is 1. The van der Waals surface area contributed by atoms with Gasteiger partial charge in [-0.1, -0.05) is 60.2 Å². The summed E-state index contributed by atoms with van der Waals surface area (Å²) in [6.07, 6.45) is 1.34. The number of hydrogen-bond donors (Lipinski definition) is 2. The number of carboxylic acid groups (broad SMARTS) is 1. The molecule has 5 rings (SSSR count). The van der Waals surface area contributed by atoms with E-state index in [1.807, 2.05) is 43.3 Å². The van der Waals surface area contributed by atoms with Gasteiger partial charge < -0.3 is 15.3 Å². The van der Waals surface area contributed by atoms with Crippen molar-refractivity contribution in [1.29, 1.82) is 0 Å². The molecule has 2 N–H and O–H groups in total. The summed E-state index contributed by atoms with van der Waals surface area (Å²) in [6.45, 7) is 1.58. The Labute approximate surface area is 230 Å². The summed E-state index contributed by atoms with van der Waals surface area (Å²) in [5.74, 6) is -1.98. The molecule has 4 aromatic rings. The molecule has 40 heavy (non-hydrogen) atoms. The fourth-order valence-electron chi connectivity index (χ4n) is 4.64. The Morgan fingerprint density at radius 1 is 0.900 bits per heavy atom. The normalized spacial score (nSPS) is 12.9. The zero-order chi connectivity index (χ0) is 28.2. The van der Waals surface area contributed by atoms with Crippen molar-refractivity contribution >= 4 is 40.9 Å². The molecule has 3 aromatic carbocycles. The van der Waals surface area contributed by atoms with E-state index in [1.165, 1.54) is 16.0 Å². The molecule has 0 unspecified atom stereocenters. The SMILES string of the molecule is Cc1ccc(-c2ccccc2C(=O)Nc2ccc(C(=O)N3CCC(=O)N(CC(=O)O)c4ccccc43)cn2)cc1. The summed E-state index contributed by atoms with van der Waals surface area (Å²) in [5, 5.41) is 12.1. The topological polar surface area (TPSA) is 120 Å². The van der Waals surface area contributed by atoms with E-state index in [9.17, 15) is 24.3 Å². The first-order valence-corrected chi connectivity index (χ1v) is 12.7. The highest BCUT2D eigenvalue weighted by Crippen LogP contribution is 2.33. The second-order valence-corrected chi connectivity index (χ2v) is 9.37. The Morgan fingerprint density at radius 3 is 2.30 bits per heavy atom. The molecule has 0 saturated carbocycles. The van der Waals surface area contributed by atoms with Gasteiger partial charge in [0.05, 0.1) is 16.9 Å². The lowest BCUT2D eigenvalue weighted by Crippen LogP contribution is -2.35. The average molecular weight is 535 g/mol. The minimum Gasteiger partial charge on any atom is -0.480 e. The first-order chi connectivity index (χ1) is 19.3. The number of rotatable bonds is 6. The molecule has 1 aliphatic rings. The number of amides is 3. The molecule has 3 amide bonds. The summed E-state index contributed by atoms with van der Waals surface area (Å²) in [5.41, 5.74) is 4.37. The van der Waals surface area contributed by atoms with Crippen LogP contribution in [0.2, 0.25) is 0 Å². The summed E-state index contributed by atoms with van der Waals surface area (Å²) in [7, 11) is 0. The molecule has 9 nitrogen and oxygen atoms in total. The van der Waals surface area contributed by atoms with Crippen LogP contribution in [-0.2, 0) is 9.59 Å². The second-order valence-electron chi connectivity index (χ2n) is 9.37. The minimum absolute atomic E-state index is 0.0321. The molecule has 0 atom stereocenters. The van der Waals surface area contributed by atoms with E-state index in [1.54, 1.807) is 48.5 Å².